The molecule has 10 heteroatoms. The number of carbonyl (C=O) groups excluding carboxylic acids is 1. The zero-order chi connectivity index (χ0) is 22.8. The summed E-state index contributed by atoms with van der Waals surface area (Å²) in [5, 5.41) is 7.79. The summed E-state index contributed by atoms with van der Waals surface area (Å²) in [7, 11) is 1.50. The van der Waals surface area contributed by atoms with Crippen LogP contribution in [-0.2, 0) is 4.74 Å². The van der Waals surface area contributed by atoms with Crippen LogP contribution >= 0.6 is 0 Å². The van der Waals surface area contributed by atoms with E-state index in [9.17, 15) is 9.18 Å². The monoisotopic (exact) mass is 452 g/mol. The number of benzene rings is 1. The summed E-state index contributed by atoms with van der Waals surface area (Å²) in [6, 6.07) is 8.64. The maximum atomic E-state index is 14.0. The quantitative estimate of drug-likeness (QED) is 0.608. The molecular weight excluding hydrogens is 427 g/mol. The van der Waals surface area contributed by atoms with E-state index in [4.69, 9.17) is 9.47 Å². The van der Waals surface area contributed by atoms with Gasteiger partial charge in [-0.1, -0.05) is 12.1 Å². The van der Waals surface area contributed by atoms with Gasteiger partial charge < -0.3 is 14.8 Å². The molecule has 1 aromatic carbocycles. The minimum atomic E-state index is -0.472. The van der Waals surface area contributed by atoms with Crippen LogP contribution in [-0.4, -0.2) is 51.6 Å². The summed E-state index contributed by atoms with van der Waals surface area (Å²) >= 11 is 0. The smallest absolute Gasteiger partial charge is 0.415 e. The molecule has 1 aliphatic heterocycles. The van der Waals surface area contributed by atoms with Crippen molar-refractivity contribution in [3.63, 3.8) is 0 Å². The average Bonchev–Trinajstić information content (AvgIpc) is 3.44. The van der Waals surface area contributed by atoms with Crippen LogP contribution in [0.5, 0.6) is 6.01 Å². The van der Waals surface area contributed by atoms with E-state index >= 15 is 0 Å². The van der Waals surface area contributed by atoms with Crippen molar-refractivity contribution in [2.24, 2.45) is 5.92 Å². The van der Waals surface area contributed by atoms with Gasteiger partial charge in [0.2, 0.25) is 0 Å². The number of carbonyl (C=O) groups is 1. The minimum Gasteiger partial charge on any atom is -0.467 e. The number of hydrogen-bond acceptors (Lipinski definition) is 7. The molecule has 1 saturated heterocycles. The standard InChI is InChI=1S/C23H25FN6O3/c1-32-21-26-13-17(14-27-21)29-15-23(33-22(29)31)9-6-16(7-10-23)12-25-20-8-11-30(28-20)19-5-3-2-4-18(19)24/h2-5,8,11,13-14,16H,6-7,9-10,12,15H2,1H3,(H,25,28)/t16-,23-. The summed E-state index contributed by atoms with van der Waals surface area (Å²) in [4.78, 5) is 22.3. The summed E-state index contributed by atoms with van der Waals surface area (Å²) in [6.45, 7) is 1.25. The number of para-hydroxylation sites is 1. The normalized spacial score (nSPS) is 22.4. The Bertz CT molecular complexity index is 1130. The highest BCUT2D eigenvalue weighted by atomic mass is 19.1. The third kappa shape index (κ3) is 4.33. The number of ether oxygens (including phenoxy) is 2. The third-order valence-electron chi connectivity index (χ3n) is 6.36. The number of rotatable bonds is 6. The Hall–Kier alpha value is -3.69. The van der Waals surface area contributed by atoms with E-state index < -0.39 is 5.60 Å². The van der Waals surface area contributed by atoms with Crippen LogP contribution in [0, 0.1) is 11.7 Å². The molecule has 9 nitrogen and oxygen atoms in total. The molecule has 1 aliphatic carbocycles. The first-order valence-corrected chi connectivity index (χ1v) is 11.0. The Balaban J connectivity index is 1.15. The van der Waals surface area contributed by atoms with Gasteiger partial charge in [-0.25, -0.2) is 23.8 Å². The second kappa shape index (κ2) is 8.68. The fourth-order valence-electron chi connectivity index (χ4n) is 4.48. The highest BCUT2D eigenvalue weighted by molar-refractivity contribution is 5.89. The van der Waals surface area contributed by atoms with Gasteiger partial charge >= 0.3 is 12.1 Å². The molecule has 0 unspecified atom stereocenters. The molecular formula is C23H25FN6O3. The number of anilines is 2. The summed E-state index contributed by atoms with van der Waals surface area (Å²) in [6.07, 6.45) is 7.97. The molecule has 1 saturated carbocycles. The van der Waals surface area contributed by atoms with E-state index in [2.05, 4.69) is 20.4 Å². The predicted octanol–water partition coefficient (Wildman–Crippen LogP) is 3.81. The Morgan fingerprint density at radius 2 is 1.97 bits per heavy atom. The van der Waals surface area contributed by atoms with Crippen LogP contribution in [0.1, 0.15) is 25.7 Å². The number of aromatic nitrogens is 4. The fraction of sp³-hybridized carbons (Fsp3) is 0.391. The molecule has 0 radical (unpaired) electrons. The van der Waals surface area contributed by atoms with Gasteiger partial charge in [-0.05, 0) is 43.7 Å². The molecule has 33 heavy (non-hydrogen) atoms. The van der Waals surface area contributed by atoms with E-state index in [-0.39, 0.29) is 17.9 Å². The Kier molecular flexibility index (Phi) is 5.57. The van der Waals surface area contributed by atoms with Crippen LogP contribution in [0.3, 0.4) is 0 Å². The molecule has 3 heterocycles. The van der Waals surface area contributed by atoms with Gasteiger partial charge in [0.05, 0.1) is 31.7 Å². The van der Waals surface area contributed by atoms with Gasteiger partial charge in [0, 0.05) is 18.8 Å². The minimum absolute atomic E-state index is 0.257. The van der Waals surface area contributed by atoms with Crippen molar-refractivity contribution in [1.29, 1.82) is 0 Å². The van der Waals surface area contributed by atoms with Crippen LogP contribution in [0.4, 0.5) is 20.7 Å². The van der Waals surface area contributed by atoms with Crippen molar-refractivity contribution < 1.29 is 18.7 Å². The number of nitrogens with zero attached hydrogens (tertiary/aromatic N) is 5. The number of methoxy groups -OCH3 is 1. The van der Waals surface area contributed by atoms with Gasteiger partial charge in [-0.15, -0.1) is 0 Å². The van der Waals surface area contributed by atoms with Gasteiger partial charge in [0.25, 0.3) is 0 Å². The fourth-order valence-corrected chi connectivity index (χ4v) is 4.48. The molecule has 0 atom stereocenters. The molecule has 2 fully saturated rings. The first-order valence-electron chi connectivity index (χ1n) is 11.0. The molecule has 1 N–H and O–H groups in total. The molecule has 3 aromatic rings. The van der Waals surface area contributed by atoms with Crippen molar-refractivity contribution in [1.82, 2.24) is 19.7 Å². The van der Waals surface area contributed by atoms with Gasteiger partial charge in [-0.3, -0.25) is 4.90 Å². The van der Waals surface area contributed by atoms with Gasteiger partial charge in [0.1, 0.15) is 22.9 Å². The first-order chi connectivity index (χ1) is 16.0. The first kappa shape index (κ1) is 21.2. The summed E-state index contributed by atoms with van der Waals surface area (Å²) in [5.74, 6) is 0.828. The Labute approximate surface area is 190 Å². The SMILES string of the molecule is COc1ncc(N2C[C@]3(CC[C@@H](CNc4ccn(-c5ccccc5F)n4)CC3)OC2=O)cn1. The molecule has 1 amide bonds. The number of nitrogens with one attached hydrogen (secondary N) is 1. The third-order valence-corrected chi connectivity index (χ3v) is 6.36. The average molecular weight is 452 g/mol. The lowest BCUT2D eigenvalue weighted by Gasteiger charge is -2.35. The number of halogens is 1. The van der Waals surface area contributed by atoms with Crippen molar-refractivity contribution in [2.75, 3.05) is 30.4 Å². The second-order valence-electron chi connectivity index (χ2n) is 8.49. The highest BCUT2D eigenvalue weighted by Gasteiger charge is 2.47. The van der Waals surface area contributed by atoms with E-state index in [1.807, 2.05) is 6.07 Å². The van der Waals surface area contributed by atoms with Crippen LogP contribution in [0.15, 0.2) is 48.9 Å². The molecule has 172 valence electrons. The summed E-state index contributed by atoms with van der Waals surface area (Å²) in [5.41, 5.74) is 0.548. The molecule has 1 spiro atoms. The summed E-state index contributed by atoms with van der Waals surface area (Å²) < 4.78 is 26.3. The zero-order valence-corrected chi connectivity index (χ0v) is 18.3. The van der Waals surface area contributed by atoms with E-state index in [1.54, 1.807) is 41.7 Å². The number of amides is 1. The predicted molar refractivity (Wildman–Crippen MR) is 119 cm³/mol. The van der Waals surface area contributed by atoms with E-state index in [0.29, 0.717) is 29.7 Å². The molecule has 5 rings (SSSR count). The maximum absolute atomic E-state index is 14.0. The molecule has 2 aromatic heterocycles. The van der Waals surface area contributed by atoms with Crippen molar-refractivity contribution in [3.8, 4) is 11.7 Å². The Morgan fingerprint density at radius 1 is 1.21 bits per heavy atom. The zero-order valence-electron chi connectivity index (χ0n) is 18.3. The van der Waals surface area contributed by atoms with Crippen LogP contribution < -0.4 is 15.0 Å². The Morgan fingerprint density at radius 3 is 2.70 bits per heavy atom. The van der Waals surface area contributed by atoms with Gasteiger partial charge in [0.15, 0.2) is 0 Å². The number of hydrogen-bond donors (Lipinski definition) is 1. The topological polar surface area (TPSA) is 94.4 Å². The van der Waals surface area contributed by atoms with Gasteiger partial charge in [-0.2, -0.15) is 5.10 Å². The van der Waals surface area contributed by atoms with E-state index in [0.717, 1.165) is 32.2 Å². The van der Waals surface area contributed by atoms with Crippen LogP contribution in [0.25, 0.3) is 5.69 Å². The highest BCUT2D eigenvalue weighted by Crippen LogP contribution is 2.40. The lowest BCUT2D eigenvalue weighted by molar-refractivity contribution is 0.0148. The van der Waals surface area contributed by atoms with E-state index in [1.165, 1.54) is 17.9 Å². The van der Waals surface area contributed by atoms with Crippen LogP contribution in [0.2, 0.25) is 0 Å². The largest absolute Gasteiger partial charge is 0.467 e. The maximum Gasteiger partial charge on any atom is 0.415 e. The lowest BCUT2D eigenvalue weighted by Crippen LogP contribution is -2.39. The van der Waals surface area contributed by atoms with Crippen molar-refractivity contribution >= 4 is 17.6 Å². The van der Waals surface area contributed by atoms with Crippen molar-refractivity contribution in [3.05, 3.63) is 54.7 Å². The second-order valence-corrected chi connectivity index (χ2v) is 8.49. The lowest BCUT2D eigenvalue weighted by atomic mass is 9.78. The van der Waals surface area contributed by atoms with Crippen molar-refractivity contribution in [2.45, 2.75) is 31.3 Å². The molecule has 2 aliphatic rings. The molecule has 0 bridgehead atoms.